The first-order chi connectivity index (χ1) is 10.6. The fraction of sp³-hybridized carbons (Fsp3) is 0.350. The topological polar surface area (TPSA) is 17.8 Å². The molecular formula is C20H22N2. The van der Waals surface area contributed by atoms with E-state index < -0.39 is 0 Å². The van der Waals surface area contributed by atoms with Crippen molar-refractivity contribution in [1.82, 2.24) is 9.55 Å². The maximum atomic E-state index is 4.64. The van der Waals surface area contributed by atoms with Crippen LogP contribution in [0.4, 0.5) is 0 Å². The van der Waals surface area contributed by atoms with E-state index in [4.69, 9.17) is 0 Å². The molecule has 2 nitrogen and oxygen atoms in total. The average molecular weight is 290 g/mol. The molecule has 112 valence electrons. The summed E-state index contributed by atoms with van der Waals surface area (Å²) in [5, 5.41) is 0. The summed E-state index contributed by atoms with van der Waals surface area (Å²) in [5.41, 5.74) is 5.38. The summed E-state index contributed by atoms with van der Waals surface area (Å²) in [5.74, 6) is 3.10. The fourth-order valence-corrected chi connectivity index (χ4v) is 3.63. The van der Waals surface area contributed by atoms with Gasteiger partial charge in [0.25, 0.3) is 0 Å². The van der Waals surface area contributed by atoms with Gasteiger partial charge in [-0.3, -0.25) is 0 Å². The lowest BCUT2D eigenvalue weighted by atomic mass is 9.97. The second kappa shape index (κ2) is 4.98. The van der Waals surface area contributed by atoms with Crippen LogP contribution in [-0.2, 0) is 0 Å². The zero-order chi connectivity index (χ0) is 15.3. The molecule has 0 saturated heterocycles. The Bertz CT molecular complexity index is 777. The average Bonchev–Trinajstić information content (AvgIpc) is 3.14. The van der Waals surface area contributed by atoms with Crippen LogP contribution in [0.15, 0.2) is 48.8 Å². The molecule has 2 aliphatic carbocycles. The van der Waals surface area contributed by atoms with Crippen molar-refractivity contribution in [1.29, 1.82) is 0 Å². The summed E-state index contributed by atoms with van der Waals surface area (Å²) < 4.78 is 2.23. The molecule has 2 unspecified atom stereocenters. The number of aromatic nitrogens is 2. The Labute approximate surface area is 132 Å². The molecule has 1 saturated carbocycles. The number of rotatable bonds is 3. The third-order valence-electron chi connectivity index (χ3n) is 4.93. The number of imidazole rings is 1. The minimum Gasteiger partial charge on any atom is -0.300 e. The van der Waals surface area contributed by atoms with E-state index in [0.29, 0.717) is 11.8 Å². The van der Waals surface area contributed by atoms with Crippen molar-refractivity contribution in [3.8, 4) is 5.69 Å². The van der Waals surface area contributed by atoms with Gasteiger partial charge in [0, 0.05) is 18.1 Å². The minimum atomic E-state index is 0.565. The van der Waals surface area contributed by atoms with Crippen molar-refractivity contribution >= 4 is 5.57 Å². The van der Waals surface area contributed by atoms with Crippen LogP contribution in [0.1, 0.15) is 43.1 Å². The van der Waals surface area contributed by atoms with Gasteiger partial charge in [0.05, 0.1) is 0 Å². The molecule has 1 fully saturated rings. The lowest BCUT2D eigenvalue weighted by Gasteiger charge is -2.15. The van der Waals surface area contributed by atoms with E-state index in [1.54, 1.807) is 0 Å². The first-order valence-corrected chi connectivity index (χ1v) is 8.18. The second-order valence-corrected chi connectivity index (χ2v) is 6.83. The van der Waals surface area contributed by atoms with E-state index in [1.807, 2.05) is 6.20 Å². The van der Waals surface area contributed by atoms with Crippen LogP contribution in [0, 0.1) is 18.8 Å². The fourth-order valence-electron chi connectivity index (χ4n) is 3.63. The maximum absolute atomic E-state index is 4.64. The van der Waals surface area contributed by atoms with Gasteiger partial charge in [0.15, 0.2) is 0 Å². The Balaban J connectivity index is 1.75. The molecule has 0 bridgehead atoms. The molecule has 22 heavy (non-hydrogen) atoms. The molecule has 0 radical (unpaired) electrons. The third kappa shape index (κ3) is 2.14. The van der Waals surface area contributed by atoms with E-state index in [0.717, 1.165) is 11.7 Å². The molecule has 0 amide bonds. The number of allylic oxidation sites excluding steroid dienone is 4. The number of hydrogen-bond donors (Lipinski definition) is 0. The Kier molecular flexibility index (Phi) is 3.07. The summed E-state index contributed by atoms with van der Waals surface area (Å²) >= 11 is 0. The monoisotopic (exact) mass is 290 g/mol. The van der Waals surface area contributed by atoms with Crippen LogP contribution in [-0.4, -0.2) is 9.55 Å². The van der Waals surface area contributed by atoms with Crippen molar-refractivity contribution in [2.45, 2.75) is 33.1 Å². The van der Waals surface area contributed by atoms with Crippen LogP contribution < -0.4 is 0 Å². The van der Waals surface area contributed by atoms with Gasteiger partial charge in [-0.05, 0) is 59.9 Å². The third-order valence-corrected chi connectivity index (χ3v) is 4.93. The predicted octanol–water partition coefficient (Wildman–Crippen LogP) is 4.89. The number of aryl methyl sites for hydroxylation is 1. The summed E-state index contributed by atoms with van der Waals surface area (Å²) in [6.45, 7) is 6.70. The Morgan fingerprint density at radius 3 is 2.91 bits per heavy atom. The molecule has 0 spiro atoms. The van der Waals surface area contributed by atoms with Crippen LogP contribution >= 0.6 is 0 Å². The SMILES string of the molecule is Cc1cc(-n2ccnc2C2=CC=CC3CC23)ccc1C(C)C. The standard InChI is InChI=1S/C20H22N2/c1-13(2)17-8-7-16(11-14(17)3)22-10-9-21-20(22)18-6-4-5-15-12-19(15)18/h4-11,13,15,19H,12H2,1-3H3. The van der Waals surface area contributed by atoms with Crippen LogP contribution in [0.2, 0.25) is 0 Å². The van der Waals surface area contributed by atoms with Gasteiger partial charge in [-0.2, -0.15) is 0 Å². The first-order valence-electron chi connectivity index (χ1n) is 8.18. The molecule has 2 aliphatic rings. The van der Waals surface area contributed by atoms with E-state index >= 15 is 0 Å². The van der Waals surface area contributed by atoms with E-state index in [-0.39, 0.29) is 0 Å². The van der Waals surface area contributed by atoms with E-state index in [1.165, 1.54) is 28.8 Å². The maximum Gasteiger partial charge on any atom is 0.140 e. The highest BCUT2D eigenvalue weighted by Crippen LogP contribution is 2.50. The van der Waals surface area contributed by atoms with Crippen molar-refractivity contribution < 1.29 is 0 Å². The van der Waals surface area contributed by atoms with Gasteiger partial charge >= 0.3 is 0 Å². The lowest BCUT2D eigenvalue weighted by molar-refractivity contribution is 0.853. The molecular weight excluding hydrogens is 268 g/mol. The quantitative estimate of drug-likeness (QED) is 0.786. The Hall–Kier alpha value is -2.09. The molecule has 4 rings (SSSR count). The summed E-state index contributed by atoms with van der Waals surface area (Å²) in [7, 11) is 0. The molecule has 1 aromatic carbocycles. The van der Waals surface area contributed by atoms with E-state index in [9.17, 15) is 0 Å². The van der Waals surface area contributed by atoms with Crippen LogP contribution in [0.5, 0.6) is 0 Å². The lowest BCUT2D eigenvalue weighted by Crippen LogP contribution is -2.04. The minimum absolute atomic E-state index is 0.565. The largest absolute Gasteiger partial charge is 0.300 e. The molecule has 2 heteroatoms. The van der Waals surface area contributed by atoms with Crippen LogP contribution in [0.3, 0.4) is 0 Å². The number of hydrogen-bond acceptors (Lipinski definition) is 1. The van der Waals surface area contributed by atoms with Crippen LogP contribution in [0.25, 0.3) is 11.3 Å². The van der Waals surface area contributed by atoms with Gasteiger partial charge in [-0.1, -0.05) is 38.1 Å². The summed E-state index contributed by atoms with van der Waals surface area (Å²) in [6.07, 6.45) is 12.0. The van der Waals surface area contributed by atoms with Crippen molar-refractivity contribution in [3.63, 3.8) is 0 Å². The highest BCUT2D eigenvalue weighted by molar-refractivity contribution is 5.70. The summed E-state index contributed by atoms with van der Waals surface area (Å²) in [6, 6.07) is 6.76. The Morgan fingerprint density at radius 1 is 1.27 bits per heavy atom. The van der Waals surface area contributed by atoms with Crippen molar-refractivity contribution in [3.05, 3.63) is 65.8 Å². The van der Waals surface area contributed by atoms with Gasteiger partial charge in [0.2, 0.25) is 0 Å². The zero-order valence-electron chi connectivity index (χ0n) is 13.5. The summed E-state index contributed by atoms with van der Waals surface area (Å²) in [4.78, 5) is 4.64. The first kappa shape index (κ1) is 13.6. The molecule has 0 N–H and O–H groups in total. The smallest absolute Gasteiger partial charge is 0.140 e. The van der Waals surface area contributed by atoms with Gasteiger partial charge < -0.3 is 4.57 Å². The van der Waals surface area contributed by atoms with Crippen molar-refractivity contribution in [2.24, 2.45) is 11.8 Å². The van der Waals surface area contributed by atoms with Gasteiger partial charge in [0.1, 0.15) is 5.82 Å². The van der Waals surface area contributed by atoms with Crippen molar-refractivity contribution in [2.75, 3.05) is 0 Å². The molecule has 2 aromatic rings. The number of nitrogens with zero attached hydrogens (tertiary/aromatic N) is 2. The predicted molar refractivity (Wildman–Crippen MR) is 91.1 cm³/mol. The zero-order valence-corrected chi connectivity index (χ0v) is 13.5. The molecule has 2 atom stereocenters. The normalized spacial score (nSPS) is 22.6. The highest BCUT2D eigenvalue weighted by atomic mass is 15.1. The second-order valence-electron chi connectivity index (χ2n) is 6.83. The van der Waals surface area contributed by atoms with Gasteiger partial charge in [-0.15, -0.1) is 0 Å². The molecule has 0 aliphatic heterocycles. The highest BCUT2D eigenvalue weighted by Gasteiger charge is 2.40. The number of benzene rings is 1. The number of fused-ring (bicyclic) bond motifs is 1. The Morgan fingerprint density at radius 2 is 2.14 bits per heavy atom. The van der Waals surface area contributed by atoms with Gasteiger partial charge in [-0.25, -0.2) is 4.98 Å². The molecule has 1 aromatic heterocycles. The molecule has 1 heterocycles. The van der Waals surface area contributed by atoms with E-state index in [2.05, 4.69) is 72.9 Å².